The van der Waals surface area contributed by atoms with Gasteiger partial charge in [0.15, 0.2) is 28.2 Å². The molecule has 2 rings (SSSR count). The van der Waals surface area contributed by atoms with Gasteiger partial charge in [-0.15, -0.1) is 0 Å². The van der Waals surface area contributed by atoms with Crippen molar-refractivity contribution in [1.82, 2.24) is 4.31 Å². The van der Waals surface area contributed by atoms with Crippen molar-refractivity contribution in [3.63, 3.8) is 0 Å². The number of rotatable bonds is 3. The van der Waals surface area contributed by atoms with Crippen LogP contribution in [0.4, 0.5) is 17.6 Å². The molecule has 0 unspecified atom stereocenters. The molecule has 1 aliphatic rings. The van der Waals surface area contributed by atoms with Gasteiger partial charge in [0.2, 0.25) is 10.0 Å². The van der Waals surface area contributed by atoms with Crippen LogP contribution < -0.4 is 0 Å². The molecule has 0 radical (unpaired) electrons. The number of carboxylic acid groups (broad SMARTS) is 1. The van der Waals surface area contributed by atoms with Crippen LogP contribution in [0.3, 0.4) is 0 Å². The van der Waals surface area contributed by atoms with Gasteiger partial charge in [-0.1, -0.05) is 0 Å². The van der Waals surface area contributed by atoms with E-state index in [1.807, 2.05) is 0 Å². The molecule has 1 heterocycles. The van der Waals surface area contributed by atoms with E-state index in [-0.39, 0.29) is 25.5 Å². The average molecular weight is 327 g/mol. The lowest BCUT2D eigenvalue weighted by Crippen LogP contribution is -2.41. The van der Waals surface area contributed by atoms with E-state index < -0.39 is 50.2 Å². The van der Waals surface area contributed by atoms with E-state index >= 15 is 0 Å². The molecule has 1 aromatic rings. The number of aliphatic carboxylic acids is 1. The van der Waals surface area contributed by atoms with Gasteiger partial charge >= 0.3 is 5.97 Å². The fourth-order valence-corrected chi connectivity index (χ4v) is 3.95. The Morgan fingerprint density at radius 1 is 1.19 bits per heavy atom. The predicted molar refractivity (Wildman–Crippen MR) is 60.8 cm³/mol. The first kappa shape index (κ1) is 15.7. The lowest BCUT2D eigenvalue weighted by Gasteiger charge is -2.21. The first-order valence-electron chi connectivity index (χ1n) is 5.75. The summed E-state index contributed by atoms with van der Waals surface area (Å²) in [4.78, 5) is 9.14. The van der Waals surface area contributed by atoms with Crippen molar-refractivity contribution >= 4 is 16.0 Å². The van der Waals surface area contributed by atoms with Crippen LogP contribution in [0.5, 0.6) is 0 Å². The second-order valence-corrected chi connectivity index (χ2v) is 6.24. The van der Waals surface area contributed by atoms with Crippen molar-refractivity contribution in [2.45, 2.75) is 23.8 Å². The van der Waals surface area contributed by atoms with E-state index in [0.717, 1.165) is 0 Å². The Kier molecular flexibility index (Phi) is 3.93. The molecule has 0 aliphatic carbocycles. The summed E-state index contributed by atoms with van der Waals surface area (Å²) in [5, 5.41) is 8.90. The van der Waals surface area contributed by atoms with Gasteiger partial charge in [0.25, 0.3) is 0 Å². The minimum absolute atomic E-state index is 0.0599. The zero-order valence-electron chi connectivity index (χ0n) is 10.3. The van der Waals surface area contributed by atoms with Crippen LogP contribution in [-0.4, -0.2) is 36.4 Å². The molecular weight excluding hydrogens is 318 g/mol. The number of carboxylic acids is 1. The van der Waals surface area contributed by atoms with E-state index in [1.54, 1.807) is 0 Å². The molecule has 0 amide bonds. The van der Waals surface area contributed by atoms with Crippen molar-refractivity contribution in [2.24, 2.45) is 0 Å². The molecule has 1 N–H and O–H groups in total. The summed E-state index contributed by atoms with van der Waals surface area (Å²) in [6, 6.07) is -1.65. The standard InChI is InChI=1S/C11H9F4NO4S/c12-5-4-6(13)9(15)10(8(5)14)21(19,20)16-3-1-2-7(16)11(17)18/h4,7H,1-3H2,(H,17,18)/t7-/m0/s1. The normalized spacial score (nSPS) is 19.9. The number of benzene rings is 1. The van der Waals surface area contributed by atoms with Crippen molar-refractivity contribution in [1.29, 1.82) is 0 Å². The summed E-state index contributed by atoms with van der Waals surface area (Å²) >= 11 is 0. The van der Waals surface area contributed by atoms with Crippen LogP contribution >= 0.6 is 0 Å². The van der Waals surface area contributed by atoms with Crippen LogP contribution in [0.2, 0.25) is 0 Å². The van der Waals surface area contributed by atoms with Gasteiger partial charge in [-0.2, -0.15) is 4.31 Å². The van der Waals surface area contributed by atoms with Crippen LogP contribution in [0.15, 0.2) is 11.0 Å². The molecule has 21 heavy (non-hydrogen) atoms. The van der Waals surface area contributed by atoms with Gasteiger partial charge in [0.05, 0.1) is 0 Å². The van der Waals surface area contributed by atoms with Crippen molar-refractivity contribution in [3.8, 4) is 0 Å². The Bertz CT molecular complexity index is 680. The third-order valence-electron chi connectivity index (χ3n) is 3.13. The fourth-order valence-electron chi connectivity index (χ4n) is 2.17. The monoisotopic (exact) mass is 327 g/mol. The minimum atomic E-state index is -5.02. The summed E-state index contributed by atoms with van der Waals surface area (Å²) in [6.45, 7) is -0.309. The zero-order valence-corrected chi connectivity index (χ0v) is 11.1. The van der Waals surface area contributed by atoms with Crippen molar-refractivity contribution in [2.75, 3.05) is 6.54 Å². The predicted octanol–water partition coefficient (Wildman–Crippen LogP) is 1.48. The summed E-state index contributed by atoms with van der Waals surface area (Å²) in [5.74, 6) is -9.42. The molecule has 0 aromatic heterocycles. The van der Waals surface area contributed by atoms with Gasteiger partial charge in [0.1, 0.15) is 6.04 Å². The molecule has 1 fully saturated rings. The number of hydrogen-bond donors (Lipinski definition) is 1. The van der Waals surface area contributed by atoms with Crippen molar-refractivity contribution < 1.29 is 35.9 Å². The topological polar surface area (TPSA) is 74.7 Å². The van der Waals surface area contributed by atoms with E-state index in [1.165, 1.54) is 0 Å². The smallest absolute Gasteiger partial charge is 0.322 e. The lowest BCUT2D eigenvalue weighted by molar-refractivity contribution is -0.140. The summed E-state index contributed by atoms with van der Waals surface area (Å²) in [7, 11) is -5.02. The maximum absolute atomic E-state index is 13.6. The quantitative estimate of drug-likeness (QED) is 0.674. The highest BCUT2D eigenvalue weighted by Crippen LogP contribution is 2.31. The van der Waals surface area contributed by atoms with Crippen LogP contribution in [0, 0.1) is 23.3 Å². The SMILES string of the molecule is O=C(O)[C@@H]1CCCN1S(=O)(=O)c1c(F)c(F)cc(F)c1F. The third-order valence-corrected chi connectivity index (χ3v) is 5.06. The highest BCUT2D eigenvalue weighted by Gasteiger charge is 2.43. The summed E-state index contributed by atoms with van der Waals surface area (Å²) < 4.78 is 78.0. The first-order valence-corrected chi connectivity index (χ1v) is 7.19. The fraction of sp³-hybridized carbons (Fsp3) is 0.364. The number of sulfonamides is 1. The van der Waals surface area contributed by atoms with Gasteiger partial charge in [-0.05, 0) is 12.8 Å². The molecule has 0 bridgehead atoms. The molecule has 0 saturated carbocycles. The highest BCUT2D eigenvalue weighted by atomic mass is 32.2. The van der Waals surface area contributed by atoms with Gasteiger partial charge < -0.3 is 5.11 Å². The highest BCUT2D eigenvalue weighted by molar-refractivity contribution is 7.89. The Morgan fingerprint density at radius 2 is 1.71 bits per heavy atom. The molecule has 116 valence electrons. The molecule has 1 aromatic carbocycles. The largest absolute Gasteiger partial charge is 0.480 e. The number of halogens is 4. The Hall–Kier alpha value is -1.68. The maximum Gasteiger partial charge on any atom is 0.322 e. The van der Waals surface area contributed by atoms with Crippen molar-refractivity contribution in [3.05, 3.63) is 29.3 Å². The number of nitrogens with zero attached hydrogens (tertiary/aromatic N) is 1. The maximum atomic E-state index is 13.6. The average Bonchev–Trinajstić information content (AvgIpc) is 2.86. The van der Waals surface area contributed by atoms with Gasteiger partial charge in [-0.3, -0.25) is 4.79 Å². The molecule has 1 saturated heterocycles. The molecule has 1 aliphatic heterocycles. The Balaban J connectivity index is 2.63. The molecule has 0 spiro atoms. The van der Waals surface area contributed by atoms with E-state index in [4.69, 9.17) is 5.11 Å². The number of hydrogen-bond acceptors (Lipinski definition) is 3. The van der Waals surface area contributed by atoms with E-state index in [9.17, 15) is 30.8 Å². The van der Waals surface area contributed by atoms with Crippen LogP contribution in [0.25, 0.3) is 0 Å². The van der Waals surface area contributed by atoms with Gasteiger partial charge in [-0.25, -0.2) is 26.0 Å². The van der Waals surface area contributed by atoms with Crippen LogP contribution in [-0.2, 0) is 14.8 Å². The van der Waals surface area contributed by atoms with E-state index in [0.29, 0.717) is 4.31 Å². The van der Waals surface area contributed by atoms with Crippen LogP contribution in [0.1, 0.15) is 12.8 Å². The third kappa shape index (κ3) is 2.48. The Labute approximate surface area is 116 Å². The zero-order chi connectivity index (χ0) is 15.9. The summed E-state index contributed by atoms with van der Waals surface area (Å²) in [5.41, 5.74) is 0. The first-order chi connectivity index (χ1) is 9.67. The summed E-state index contributed by atoms with van der Waals surface area (Å²) in [6.07, 6.45) is 0.0901. The molecular formula is C11H9F4NO4S. The molecule has 10 heteroatoms. The second kappa shape index (κ2) is 5.26. The minimum Gasteiger partial charge on any atom is -0.480 e. The van der Waals surface area contributed by atoms with E-state index in [2.05, 4.69) is 0 Å². The molecule has 5 nitrogen and oxygen atoms in total. The second-order valence-electron chi connectivity index (χ2n) is 4.41. The number of carbonyl (C=O) groups is 1. The van der Waals surface area contributed by atoms with Gasteiger partial charge in [0, 0.05) is 12.6 Å². The molecule has 1 atom stereocenters. The lowest BCUT2D eigenvalue weighted by atomic mass is 10.2. The Morgan fingerprint density at radius 3 is 2.19 bits per heavy atom.